The number of carbonyl (C=O) groups excluding carboxylic acids is 5. The summed E-state index contributed by atoms with van der Waals surface area (Å²) in [5.41, 5.74) is 2.83. The Bertz CT molecular complexity index is 1710. The zero-order valence-corrected chi connectivity index (χ0v) is 28.8. The fourth-order valence-corrected chi connectivity index (χ4v) is 6.25. The van der Waals surface area contributed by atoms with Crippen LogP contribution in [0.1, 0.15) is 56.7 Å². The highest BCUT2D eigenvalue weighted by Crippen LogP contribution is 2.38. The number of methoxy groups -OCH3 is 1. The second kappa shape index (κ2) is 15.9. The number of nitrogens with one attached hydrogen (secondary N) is 2. The highest BCUT2D eigenvalue weighted by atomic mass is 16.6. The van der Waals surface area contributed by atoms with Crippen LogP contribution in [0.5, 0.6) is 0 Å². The van der Waals surface area contributed by atoms with E-state index in [9.17, 15) is 24.0 Å². The lowest BCUT2D eigenvalue weighted by molar-refractivity contribution is -0.145. The quantitative estimate of drug-likeness (QED) is 0.162. The average molecular weight is 685 g/mol. The molecule has 2 N–H and O–H groups in total. The van der Waals surface area contributed by atoms with E-state index in [-0.39, 0.29) is 25.9 Å². The maximum absolute atomic E-state index is 14.5. The van der Waals surface area contributed by atoms with Crippen LogP contribution in [0.2, 0.25) is 0 Å². The lowest BCUT2D eigenvalue weighted by Crippen LogP contribution is -2.57. The van der Waals surface area contributed by atoms with Gasteiger partial charge in [-0.05, 0) is 68.9 Å². The molecular formula is C38H44N4O8. The Kier molecular flexibility index (Phi) is 11.4. The van der Waals surface area contributed by atoms with Crippen LogP contribution >= 0.6 is 0 Å². The second-order valence-corrected chi connectivity index (χ2v) is 13.3. The number of benzene rings is 3. The predicted molar refractivity (Wildman–Crippen MR) is 186 cm³/mol. The number of amides is 4. The molecule has 0 unspecified atom stereocenters. The van der Waals surface area contributed by atoms with Gasteiger partial charge in [0, 0.05) is 25.1 Å². The maximum atomic E-state index is 14.5. The van der Waals surface area contributed by atoms with Crippen LogP contribution in [-0.2, 0) is 48.0 Å². The summed E-state index contributed by atoms with van der Waals surface area (Å²) in [5, 5.41) is 5.51. The molecular weight excluding hydrogens is 640 g/mol. The number of esters is 1. The van der Waals surface area contributed by atoms with E-state index in [1.54, 1.807) is 45.0 Å². The third kappa shape index (κ3) is 8.60. The summed E-state index contributed by atoms with van der Waals surface area (Å²) in [7, 11) is 1.25. The summed E-state index contributed by atoms with van der Waals surface area (Å²) >= 11 is 0. The molecule has 0 aliphatic carbocycles. The number of rotatable bonds is 11. The molecule has 264 valence electrons. The molecule has 0 saturated carbocycles. The van der Waals surface area contributed by atoms with E-state index in [2.05, 4.69) is 10.6 Å². The molecule has 50 heavy (non-hydrogen) atoms. The Balaban J connectivity index is 1.25. The van der Waals surface area contributed by atoms with E-state index in [1.165, 1.54) is 16.9 Å². The third-order valence-electron chi connectivity index (χ3n) is 8.57. The van der Waals surface area contributed by atoms with Crippen molar-refractivity contribution >= 4 is 41.3 Å². The minimum Gasteiger partial charge on any atom is -0.467 e. The van der Waals surface area contributed by atoms with Gasteiger partial charge in [-0.2, -0.15) is 0 Å². The van der Waals surface area contributed by atoms with Crippen LogP contribution in [-0.4, -0.2) is 67.4 Å². The smallest absolute Gasteiger partial charge is 0.415 e. The number of nitrogens with zero attached hydrogens (tertiary/aromatic N) is 2. The van der Waals surface area contributed by atoms with Gasteiger partial charge in [0.05, 0.1) is 12.8 Å². The van der Waals surface area contributed by atoms with Crippen molar-refractivity contribution in [2.45, 2.75) is 83.2 Å². The first-order chi connectivity index (χ1) is 24.0. The molecule has 0 bridgehead atoms. The minimum atomic E-state index is -0.979. The number of anilines is 2. The molecule has 2 heterocycles. The number of hydrogen-bond acceptors (Lipinski definition) is 8. The minimum absolute atomic E-state index is 0.153. The number of carbonyl (C=O) groups is 5. The van der Waals surface area contributed by atoms with Gasteiger partial charge in [-0.1, -0.05) is 66.7 Å². The average Bonchev–Trinajstić information content (AvgIpc) is 3.69. The fourth-order valence-electron chi connectivity index (χ4n) is 6.25. The van der Waals surface area contributed by atoms with Gasteiger partial charge in [-0.3, -0.25) is 19.4 Å². The summed E-state index contributed by atoms with van der Waals surface area (Å²) in [4.78, 5) is 69.7. The van der Waals surface area contributed by atoms with Gasteiger partial charge >= 0.3 is 18.2 Å². The Hall–Kier alpha value is -5.39. The van der Waals surface area contributed by atoms with Crippen molar-refractivity contribution in [3.8, 4) is 0 Å². The van der Waals surface area contributed by atoms with Crippen LogP contribution in [0.15, 0.2) is 78.9 Å². The molecule has 3 atom stereocenters. The first kappa shape index (κ1) is 35.9. The zero-order valence-electron chi connectivity index (χ0n) is 28.8. The normalized spacial score (nSPS) is 16.9. The van der Waals surface area contributed by atoms with Gasteiger partial charge in [-0.25, -0.2) is 14.4 Å². The second-order valence-electron chi connectivity index (χ2n) is 13.3. The molecule has 2 aliphatic heterocycles. The Labute approximate surface area is 292 Å². The highest BCUT2D eigenvalue weighted by molar-refractivity contribution is 6.11. The number of unbranched alkanes of at least 4 members (excludes halogenated alkanes) is 1. The van der Waals surface area contributed by atoms with E-state index in [0.717, 1.165) is 16.7 Å². The van der Waals surface area contributed by atoms with Crippen molar-refractivity contribution in [3.05, 3.63) is 95.6 Å². The van der Waals surface area contributed by atoms with Gasteiger partial charge < -0.3 is 24.8 Å². The molecule has 5 rings (SSSR count). The highest BCUT2D eigenvalue weighted by Gasteiger charge is 2.47. The third-order valence-corrected chi connectivity index (χ3v) is 8.57. The zero-order chi connectivity index (χ0) is 35.8. The van der Waals surface area contributed by atoms with Crippen LogP contribution in [0.25, 0.3) is 0 Å². The molecule has 12 nitrogen and oxygen atoms in total. The van der Waals surface area contributed by atoms with Gasteiger partial charge in [0.1, 0.15) is 30.3 Å². The van der Waals surface area contributed by atoms with E-state index >= 15 is 0 Å². The summed E-state index contributed by atoms with van der Waals surface area (Å²) < 4.78 is 15.9. The summed E-state index contributed by atoms with van der Waals surface area (Å²) in [6.45, 7) is 5.75. The summed E-state index contributed by atoms with van der Waals surface area (Å²) in [5.74, 6) is -1.58. The molecule has 0 spiro atoms. The lowest BCUT2D eigenvalue weighted by atomic mass is 10.1. The summed E-state index contributed by atoms with van der Waals surface area (Å²) in [6.07, 6.45) is 0.524. The maximum Gasteiger partial charge on any atom is 0.415 e. The standard InChI is InChI=1S/C38H44N4O8/c1-38(2,3)50-37(47)42-30-20-11-9-17-27(30)23-32(42)34(44)41-29-19-10-8-16-26(29)22-31(41)33(43)40-28(35(45)48-4)18-12-13-21-39-36(46)49-24-25-14-6-5-7-15-25/h5-11,14-17,19-20,28,31-32H,12-13,18,21-24H2,1-4H3,(H,39,46)(H,40,43)/t28-,31+,32-/m1/s1. The van der Waals surface area contributed by atoms with Crippen molar-refractivity contribution in [2.75, 3.05) is 23.5 Å². The first-order valence-electron chi connectivity index (χ1n) is 16.8. The fraction of sp³-hybridized carbons (Fsp3) is 0.395. The van der Waals surface area contributed by atoms with E-state index in [0.29, 0.717) is 30.8 Å². The van der Waals surface area contributed by atoms with Crippen molar-refractivity contribution < 1.29 is 38.2 Å². The van der Waals surface area contributed by atoms with Crippen molar-refractivity contribution in [1.82, 2.24) is 10.6 Å². The Morgan fingerprint density at radius 2 is 1.40 bits per heavy atom. The van der Waals surface area contributed by atoms with Crippen LogP contribution in [0, 0.1) is 0 Å². The SMILES string of the molecule is COC(=O)[C@@H](CCCCNC(=O)OCc1ccccc1)NC(=O)[C@@H]1Cc2ccccc2N1C(=O)[C@H]1Cc2ccccc2N1C(=O)OC(C)(C)C. The molecule has 3 aromatic carbocycles. The molecule has 4 amide bonds. The lowest BCUT2D eigenvalue weighted by Gasteiger charge is -2.33. The van der Waals surface area contributed by atoms with Crippen LogP contribution < -0.4 is 20.4 Å². The largest absolute Gasteiger partial charge is 0.467 e. The molecule has 3 aromatic rings. The first-order valence-corrected chi connectivity index (χ1v) is 16.8. The van der Waals surface area contributed by atoms with Crippen LogP contribution in [0.4, 0.5) is 21.0 Å². The molecule has 0 radical (unpaired) electrons. The number of fused-ring (bicyclic) bond motifs is 2. The van der Waals surface area contributed by atoms with Crippen molar-refractivity contribution in [1.29, 1.82) is 0 Å². The van der Waals surface area contributed by atoms with Gasteiger partial charge in [0.15, 0.2) is 0 Å². The van der Waals surface area contributed by atoms with Gasteiger partial charge in [0.25, 0.3) is 5.91 Å². The topological polar surface area (TPSA) is 144 Å². The molecule has 0 aromatic heterocycles. The van der Waals surface area contributed by atoms with E-state index < -0.39 is 53.7 Å². The van der Waals surface area contributed by atoms with E-state index in [1.807, 2.05) is 54.6 Å². The van der Waals surface area contributed by atoms with Crippen molar-refractivity contribution in [2.24, 2.45) is 0 Å². The predicted octanol–water partition coefficient (Wildman–Crippen LogP) is 5.07. The molecule has 0 saturated heterocycles. The van der Waals surface area contributed by atoms with E-state index in [4.69, 9.17) is 14.2 Å². The molecule has 0 fully saturated rings. The monoisotopic (exact) mass is 684 g/mol. The Morgan fingerprint density at radius 1 is 0.800 bits per heavy atom. The van der Waals surface area contributed by atoms with Crippen molar-refractivity contribution in [3.63, 3.8) is 0 Å². The summed E-state index contributed by atoms with van der Waals surface area (Å²) in [6, 6.07) is 21.0. The van der Waals surface area contributed by atoms with Gasteiger partial charge in [0.2, 0.25) is 5.91 Å². The van der Waals surface area contributed by atoms with Gasteiger partial charge in [-0.15, -0.1) is 0 Å². The molecule has 2 aliphatic rings. The number of hydrogen-bond donors (Lipinski definition) is 2. The Morgan fingerprint density at radius 3 is 2.04 bits per heavy atom. The number of para-hydroxylation sites is 2. The molecule has 12 heteroatoms. The van der Waals surface area contributed by atoms with Crippen LogP contribution in [0.3, 0.4) is 0 Å². The number of alkyl carbamates (subject to hydrolysis) is 1. The number of ether oxygens (including phenoxy) is 3.